The summed E-state index contributed by atoms with van der Waals surface area (Å²) >= 11 is 0. The van der Waals surface area contributed by atoms with Crippen LogP contribution in [0.3, 0.4) is 0 Å². The summed E-state index contributed by atoms with van der Waals surface area (Å²) in [7, 11) is 0. The van der Waals surface area contributed by atoms with Crippen molar-refractivity contribution < 1.29 is 78.6 Å². The number of aliphatic hydroxyl groups is 3. The van der Waals surface area contributed by atoms with Crippen molar-refractivity contribution in [2.75, 3.05) is 13.2 Å². The van der Waals surface area contributed by atoms with Gasteiger partial charge >= 0.3 is 17.9 Å². The number of hydrogen-bond acceptors (Lipinski definition) is 14. The normalized spacial score (nSPS) is 18.4. The second kappa shape index (κ2) is 23.8. The van der Waals surface area contributed by atoms with Crippen molar-refractivity contribution in [2.45, 2.75) is 134 Å². The van der Waals surface area contributed by atoms with E-state index in [1.165, 1.54) is 13.8 Å². The Kier molecular flexibility index (Phi) is 20.8. The van der Waals surface area contributed by atoms with Crippen LogP contribution < -0.4 is 37.6 Å². The van der Waals surface area contributed by atoms with Crippen molar-refractivity contribution in [3.8, 4) is 0 Å². The number of rotatable bonds is 24. The second-order valence-corrected chi connectivity index (χ2v) is 14.9. The summed E-state index contributed by atoms with van der Waals surface area (Å²) in [6.07, 6.45) is -5.13. The van der Waals surface area contributed by atoms with Gasteiger partial charge in [-0.2, -0.15) is 0 Å². The number of carbonyl (C=O) groups is 10. The zero-order chi connectivity index (χ0) is 45.5. The van der Waals surface area contributed by atoms with Crippen molar-refractivity contribution in [1.29, 1.82) is 0 Å². The first-order valence-electron chi connectivity index (χ1n) is 18.9. The van der Waals surface area contributed by atoms with Crippen molar-refractivity contribution in [3.05, 3.63) is 0 Å². The summed E-state index contributed by atoms with van der Waals surface area (Å²) in [5.74, 6) is -12.7. The fraction of sp³-hybridized carbons (Fsp3) is 0.714. The molecule has 0 aromatic rings. The van der Waals surface area contributed by atoms with E-state index in [0.717, 1.165) is 18.7 Å². The van der Waals surface area contributed by atoms with E-state index in [9.17, 15) is 73.5 Å². The van der Waals surface area contributed by atoms with Gasteiger partial charge < -0.3 is 73.2 Å². The Labute approximate surface area is 339 Å². The maximum absolute atomic E-state index is 13.5. The van der Waals surface area contributed by atoms with Crippen LogP contribution >= 0.6 is 0 Å². The molecule has 24 nitrogen and oxygen atoms in total. The smallest absolute Gasteiger partial charge is 0.326 e. The first-order chi connectivity index (χ1) is 27.3. The number of carboxylic acids is 3. The first-order valence-corrected chi connectivity index (χ1v) is 18.9. The van der Waals surface area contributed by atoms with Gasteiger partial charge in [-0.1, -0.05) is 27.7 Å². The third kappa shape index (κ3) is 16.0. The van der Waals surface area contributed by atoms with Crippen molar-refractivity contribution in [2.24, 2.45) is 17.6 Å². The zero-order valence-electron chi connectivity index (χ0n) is 33.7. The first kappa shape index (κ1) is 51.6. The predicted molar refractivity (Wildman–Crippen MR) is 201 cm³/mol. The van der Waals surface area contributed by atoms with E-state index < -0.39 is 152 Å². The average molecular weight is 847 g/mol. The Hall–Kier alpha value is -5.46. The third-order valence-corrected chi connectivity index (χ3v) is 9.30. The average Bonchev–Trinajstić information content (AvgIpc) is 3.63. The van der Waals surface area contributed by atoms with Crippen LogP contribution in [0.15, 0.2) is 0 Å². The highest BCUT2D eigenvalue weighted by molar-refractivity contribution is 5.98. The molecule has 0 aromatic carbocycles. The molecule has 0 aromatic heterocycles. The van der Waals surface area contributed by atoms with E-state index in [1.54, 1.807) is 13.8 Å². The van der Waals surface area contributed by atoms with Gasteiger partial charge in [0.15, 0.2) is 0 Å². The third-order valence-electron chi connectivity index (χ3n) is 9.30. The van der Waals surface area contributed by atoms with Gasteiger partial charge in [-0.05, 0) is 44.9 Å². The van der Waals surface area contributed by atoms with Gasteiger partial charge in [-0.15, -0.1) is 0 Å². The van der Waals surface area contributed by atoms with Crippen molar-refractivity contribution in [3.63, 3.8) is 0 Å². The molecule has 59 heavy (non-hydrogen) atoms. The minimum absolute atomic E-state index is 0.0327. The maximum Gasteiger partial charge on any atom is 0.326 e. The number of carbonyl (C=O) groups excluding carboxylic acids is 7. The molecule has 1 aliphatic rings. The lowest BCUT2D eigenvalue weighted by atomic mass is 10.0. The monoisotopic (exact) mass is 846 g/mol. The van der Waals surface area contributed by atoms with Crippen molar-refractivity contribution >= 4 is 59.3 Å². The molecule has 1 saturated heterocycles. The fourth-order valence-corrected chi connectivity index (χ4v) is 5.78. The number of nitrogens with zero attached hydrogens (tertiary/aromatic N) is 1. The molecular formula is C35H58N8O16. The van der Waals surface area contributed by atoms with Gasteiger partial charge in [0.2, 0.25) is 41.4 Å². The van der Waals surface area contributed by atoms with E-state index in [1.807, 2.05) is 0 Å². The summed E-state index contributed by atoms with van der Waals surface area (Å²) < 4.78 is 0. The molecule has 0 aliphatic carbocycles. The molecule has 0 radical (unpaired) electrons. The van der Waals surface area contributed by atoms with Gasteiger partial charge in [0.05, 0.1) is 31.3 Å². The Balaban J connectivity index is 3.18. The van der Waals surface area contributed by atoms with Crippen LogP contribution in [-0.2, 0) is 47.9 Å². The highest BCUT2D eigenvalue weighted by atomic mass is 16.4. The maximum atomic E-state index is 13.5. The number of aliphatic carboxylic acids is 3. The number of carboxylic acid groups (broad SMARTS) is 3. The molecule has 1 rings (SSSR count). The topological polar surface area (TPSA) is 394 Å². The predicted octanol–water partition coefficient (Wildman–Crippen LogP) is -5.30. The summed E-state index contributed by atoms with van der Waals surface area (Å²) in [5.41, 5.74) is 5.84. The lowest BCUT2D eigenvalue weighted by molar-refractivity contribution is -0.146. The summed E-state index contributed by atoms with van der Waals surface area (Å²) in [4.78, 5) is 128. The highest BCUT2D eigenvalue weighted by Crippen LogP contribution is 2.20. The van der Waals surface area contributed by atoms with E-state index in [-0.39, 0.29) is 25.3 Å². The van der Waals surface area contributed by atoms with Crippen molar-refractivity contribution in [1.82, 2.24) is 36.8 Å². The number of hydrogen-bond donors (Lipinski definition) is 13. The molecule has 10 atom stereocenters. The summed E-state index contributed by atoms with van der Waals surface area (Å²) in [6, 6.07) is -12.7. The fourth-order valence-electron chi connectivity index (χ4n) is 5.78. The molecule has 14 N–H and O–H groups in total. The Morgan fingerprint density at radius 2 is 1.12 bits per heavy atom. The Bertz CT molecular complexity index is 1560. The van der Waals surface area contributed by atoms with E-state index in [4.69, 9.17) is 10.8 Å². The SMILES string of the molecule is CC(C)[C@H](N)C(=O)N[C@@H](CC(=O)O)C(=O)N1CCC[C@H]1C(=O)N[C@H](C(=O)N[C@H](C(=O)N[C@@H](CO)C(=O)N[C@@H](CCC(=O)O)C(=O)N[C@H](C(=O)O)C(C)C)[C@@H](C)O)[C@@H](C)O. The minimum atomic E-state index is -1.92. The number of likely N-dealkylation sites (tertiary alicyclic amines) is 1. The summed E-state index contributed by atoms with van der Waals surface area (Å²) in [6.45, 7) is 7.22. The highest BCUT2D eigenvalue weighted by Gasteiger charge is 2.41. The van der Waals surface area contributed by atoms with E-state index in [0.29, 0.717) is 0 Å². The summed E-state index contributed by atoms with van der Waals surface area (Å²) in [5, 5.41) is 71.9. The minimum Gasteiger partial charge on any atom is -0.481 e. The molecular weight excluding hydrogens is 788 g/mol. The molecule has 0 saturated carbocycles. The molecule has 0 spiro atoms. The molecule has 1 aliphatic heterocycles. The van der Waals surface area contributed by atoms with Crippen LogP contribution in [0.2, 0.25) is 0 Å². The van der Waals surface area contributed by atoms with Crippen LogP contribution in [0.25, 0.3) is 0 Å². The Morgan fingerprint density at radius 3 is 1.59 bits per heavy atom. The number of amides is 7. The standard InChI is InChI=1S/C35H58N8O16/c1-14(2)24(36)31(54)38-19(12-23(49)50)34(57)43-11-7-8-21(43)30(53)41-27(17(6)46)33(56)42-26(16(5)45)32(55)39-20(13-44)29(52)37-18(9-10-22(47)48)28(51)40-25(15(3)4)35(58)59/h14-21,24-27,44-46H,7-13,36H2,1-6H3,(H,37,52)(H,38,54)(H,39,55)(H,40,51)(H,41,53)(H,42,56)(H,47,48)(H,49,50)(H,58,59)/t16-,17-,18+,19+,20+,21+,24+,25+,26+,27+/m1/s1. The zero-order valence-corrected chi connectivity index (χ0v) is 33.7. The van der Waals surface area contributed by atoms with E-state index >= 15 is 0 Å². The molecule has 1 fully saturated rings. The quantitative estimate of drug-likeness (QED) is 0.0431. The van der Waals surface area contributed by atoms with Crippen LogP contribution in [0.1, 0.15) is 73.6 Å². The molecule has 0 unspecified atom stereocenters. The van der Waals surface area contributed by atoms with Crippen LogP contribution in [0, 0.1) is 11.8 Å². The number of nitrogens with one attached hydrogen (secondary N) is 6. The molecule has 334 valence electrons. The Morgan fingerprint density at radius 1 is 0.627 bits per heavy atom. The molecule has 0 bridgehead atoms. The largest absolute Gasteiger partial charge is 0.481 e. The van der Waals surface area contributed by atoms with Crippen LogP contribution in [-0.4, -0.2) is 168 Å². The van der Waals surface area contributed by atoms with Gasteiger partial charge in [-0.3, -0.25) is 43.2 Å². The van der Waals surface area contributed by atoms with E-state index in [2.05, 4.69) is 31.9 Å². The van der Waals surface area contributed by atoms with Gasteiger partial charge in [0.25, 0.3) is 0 Å². The van der Waals surface area contributed by atoms with Gasteiger partial charge in [-0.25, -0.2) is 4.79 Å². The van der Waals surface area contributed by atoms with Crippen LogP contribution in [0.4, 0.5) is 0 Å². The second-order valence-electron chi connectivity index (χ2n) is 14.9. The van der Waals surface area contributed by atoms with Gasteiger partial charge in [0, 0.05) is 13.0 Å². The molecule has 1 heterocycles. The molecule has 24 heteroatoms. The number of nitrogens with two attached hydrogens (primary N) is 1. The lowest BCUT2D eigenvalue weighted by Crippen LogP contribution is -2.63. The molecule has 7 amide bonds. The number of aliphatic hydroxyl groups excluding tert-OH is 3. The van der Waals surface area contributed by atoms with Crippen LogP contribution in [0.5, 0.6) is 0 Å². The lowest BCUT2D eigenvalue weighted by Gasteiger charge is -2.31. The van der Waals surface area contributed by atoms with Gasteiger partial charge in [0.1, 0.15) is 42.3 Å².